The van der Waals surface area contributed by atoms with Crippen molar-refractivity contribution < 1.29 is 13.9 Å². The molecule has 112 valence electrons. The average molecular weight is 314 g/mol. The van der Waals surface area contributed by atoms with Gasteiger partial charge < -0.3 is 9.15 Å². The molecule has 3 rings (SSSR count). The number of ether oxygens (including phenoxy) is 1. The Labute approximate surface area is 131 Å². The molecule has 0 unspecified atom stereocenters. The number of rotatable bonds is 4. The number of carbonyl (C=O) groups is 1. The molecule has 6 heteroatoms. The van der Waals surface area contributed by atoms with Crippen LogP contribution in [0.3, 0.4) is 0 Å². The largest absolute Gasteiger partial charge is 0.451 e. The van der Waals surface area contributed by atoms with Crippen molar-refractivity contribution >= 4 is 17.3 Å². The molecule has 0 aliphatic rings. The number of benzene rings is 1. The van der Waals surface area contributed by atoms with Crippen molar-refractivity contribution in [1.29, 1.82) is 0 Å². The average Bonchev–Trinajstić information content (AvgIpc) is 3.14. The van der Waals surface area contributed by atoms with E-state index < -0.39 is 0 Å². The number of hydrogen-bond donors (Lipinski definition) is 0. The molecule has 1 aromatic carbocycles. The van der Waals surface area contributed by atoms with Gasteiger partial charge in [-0.3, -0.25) is 0 Å². The number of esters is 1. The summed E-state index contributed by atoms with van der Waals surface area (Å²) in [6.07, 6.45) is 0. The summed E-state index contributed by atoms with van der Waals surface area (Å²) in [6.45, 7) is 3.83. The Kier molecular flexibility index (Phi) is 4.02. The van der Waals surface area contributed by atoms with Crippen molar-refractivity contribution in [3.8, 4) is 11.5 Å². The molecule has 0 N–H and O–H groups in total. The predicted octanol–water partition coefficient (Wildman–Crippen LogP) is 3.77. The predicted molar refractivity (Wildman–Crippen MR) is 82.6 cm³/mol. The van der Waals surface area contributed by atoms with E-state index in [1.165, 1.54) is 11.3 Å². The van der Waals surface area contributed by atoms with E-state index in [0.717, 1.165) is 16.7 Å². The minimum atomic E-state index is -0.372. The van der Waals surface area contributed by atoms with Crippen molar-refractivity contribution in [3.05, 3.63) is 57.6 Å². The fraction of sp³-hybridized carbons (Fsp3) is 0.188. The van der Waals surface area contributed by atoms with Crippen LogP contribution in [-0.4, -0.2) is 16.2 Å². The van der Waals surface area contributed by atoms with Crippen LogP contribution >= 0.6 is 11.3 Å². The highest BCUT2D eigenvalue weighted by atomic mass is 32.1. The number of hydrogen-bond acceptors (Lipinski definition) is 6. The minimum Gasteiger partial charge on any atom is -0.451 e. The third-order valence-electron chi connectivity index (χ3n) is 3.11. The van der Waals surface area contributed by atoms with E-state index in [1.54, 1.807) is 0 Å². The molecule has 0 saturated heterocycles. The first-order chi connectivity index (χ1) is 10.6. The monoisotopic (exact) mass is 314 g/mol. The molecule has 3 aromatic rings. The van der Waals surface area contributed by atoms with Crippen LogP contribution in [-0.2, 0) is 11.3 Å². The van der Waals surface area contributed by atoms with E-state index in [9.17, 15) is 4.79 Å². The second-order valence-corrected chi connectivity index (χ2v) is 5.80. The Bertz CT molecular complexity index is 807. The van der Waals surface area contributed by atoms with Gasteiger partial charge in [0, 0.05) is 5.56 Å². The van der Waals surface area contributed by atoms with Crippen LogP contribution in [0.25, 0.3) is 11.5 Å². The van der Waals surface area contributed by atoms with Gasteiger partial charge in [-0.15, -0.1) is 21.5 Å². The van der Waals surface area contributed by atoms with Gasteiger partial charge in [-0.05, 0) is 43.0 Å². The lowest BCUT2D eigenvalue weighted by molar-refractivity contribution is 0.0444. The van der Waals surface area contributed by atoms with Crippen LogP contribution in [0.4, 0.5) is 0 Å². The van der Waals surface area contributed by atoms with Gasteiger partial charge >= 0.3 is 5.97 Å². The molecule has 0 aliphatic carbocycles. The summed E-state index contributed by atoms with van der Waals surface area (Å²) in [5, 5.41) is 9.74. The summed E-state index contributed by atoms with van der Waals surface area (Å²) in [5.41, 5.74) is 2.86. The standard InChI is InChI=1S/C16H14N2O3S/c1-10-4-3-5-12(8-10)15-18-17-13(21-15)9-20-16(19)14-11(2)6-7-22-14/h3-8H,9H2,1-2H3. The van der Waals surface area contributed by atoms with Crippen LogP contribution in [0.2, 0.25) is 0 Å². The summed E-state index contributed by atoms with van der Waals surface area (Å²) in [7, 11) is 0. The Hall–Kier alpha value is -2.47. The number of nitrogens with zero attached hydrogens (tertiary/aromatic N) is 2. The molecule has 0 amide bonds. The Morgan fingerprint density at radius 3 is 2.86 bits per heavy atom. The lowest BCUT2D eigenvalue weighted by Gasteiger charge is -2.00. The first-order valence-corrected chi connectivity index (χ1v) is 7.62. The van der Waals surface area contributed by atoms with Crippen molar-refractivity contribution in [2.75, 3.05) is 0 Å². The molecule has 22 heavy (non-hydrogen) atoms. The minimum absolute atomic E-state index is 0.0327. The second kappa shape index (κ2) is 6.11. The van der Waals surface area contributed by atoms with Crippen LogP contribution in [0.1, 0.15) is 26.7 Å². The zero-order chi connectivity index (χ0) is 15.5. The first-order valence-electron chi connectivity index (χ1n) is 6.74. The molecule has 2 heterocycles. The fourth-order valence-electron chi connectivity index (χ4n) is 1.98. The second-order valence-electron chi connectivity index (χ2n) is 4.88. The summed E-state index contributed by atoms with van der Waals surface area (Å²) in [6, 6.07) is 9.65. The van der Waals surface area contributed by atoms with Gasteiger partial charge in [0.15, 0.2) is 6.61 Å². The lowest BCUT2D eigenvalue weighted by atomic mass is 10.1. The number of thiophene rings is 1. The van der Waals surface area contributed by atoms with E-state index in [0.29, 0.717) is 10.8 Å². The topological polar surface area (TPSA) is 65.2 Å². The van der Waals surface area contributed by atoms with Gasteiger partial charge in [0.25, 0.3) is 5.89 Å². The molecule has 0 fully saturated rings. The molecular formula is C16H14N2O3S. The fourth-order valence-corrected chi connectivity index (χ4v) is 2.80. The maximum absolute atomic E-state index is 11.9. The third-order valence-corrected chi connectivity index (χ3v) is 4.10. The highest BCUT2D eigenvalue weighted by molar-refractivity contribution is 7.12. The molecule has 0 atom stereocenters. The summed E-state index contributed by atoms with van der Waals surface area (Å²) < 4.78 is 10.7. The van der Waals surface area contributed by atoms with E-state index in [4.69, 9.17) is 9.15 Å². The van der Waals surface area contributed by atoms with Gasteiger partial charge in [-0.2, -0.15) is 0 Å². The molecule has 0 saturated carbocycles. The smallest absolute Gasteiger partial charge is 0.349 e. The summed E-state index contributed by atoms with van der Waals surface area (Å²) >= 11 is 1.36. The molecule has 0 spiro atoms. The summed E-state index contributed by atoms with van der Waals surface area (Å²) in [5.74, 6) is 0.323. The van der Waals surface area contributed by atoms with Gasteiger partial charge in [0.2, 0.25) is 5.89 Å². The maximum Gasteiger partial charge on any atom is 0.349 e. The lowest BCUT2D eigenvalue weighted by Crippen LogP contribution is -2.04. The van der Waals surface area contributed by atoms with Gasteiger partial charge in [-0.1, -0.05) is 17.7 Å². The Balaban J connectivity index is 1.67. The quantitative estimate of drug-likeness (QED) is 0.686. The van der Waals surface area contributed by atoms with Crippen LogP contribution < -0.4 is 0 Å². The van der Waals surface area contributed by atoms with Crippen molar-refractivity contribution in [2.24, 2.45) is 0 Å². The highest BCUT2D eigenvalue weighted by Gasteiger charge is 2.15. The third kappa shape index (κ3) is 3.07. The van der Waals surface area contributed by atoms with Crippen molar-refractivity contribution in [1.82, 2.24) is 10.2 Å². The van der Waals surface area contributed by atoms with Gasteiger partial charge in [0.1, 0.15) is 4.88 Å². The molecule has 0 bridgehead atoms. The number of carbonyl (C=O) groups excluding carboxylic acids is 1. The van der Waals surface area contributed by atoms with E-state index in [-0.39, 0.29) is 18.5 Å². The highest BCUT2D eigenvalue weighted by Crippen LogP contribution is 2.20. The van der Waals surface area contributed by atoms with Crippen LogP contribution in [0.5, 0.6) is 0 Å². The van der Waals surface area contributed by atoms with Gasteiger partial charge in [0.05, 0.1) is 0 Å². The Morgan fingerprint density at radius 2 is 2.14 bits per heavy atom. The molecule has 5 nitrogen and oxygen atoms in total. The maximum atomic E-state index is 11.9. The normalized spacial score (nSPS) is 10.6. The summed E-state index contributed by atoms with van der Waals surface area (Å²) in [4.78, 5) is 12.5. The number of aryl methyl sites for hydroxylation is 2. The Morgan fingerprint density at radius 1 is 1.27 bits per heavy atom. The van der Waals surface area contributed by atoms with Gasteiger partial charge in [-0.25, -0.2) is 4.79 Å². The molecular weight excluding hydrogens is 300 g/mol. The molecule has 2 aromatic heterocycles. The van der Waals surface area contributed by atoms with E-state index in [2.05, 4.69) is 10.2 Å². The van der Waals surface area contributed by atoms with E-state index in [1.807, 2.05) is 49.6 Å². The molecule has 0 radical (unpaired) electrons. The zero-order valence-electron chi connectivity index (χ0n) is 12.2. The van der Waals surface area contributed by atoms with Crippen LogP contribution in [0, 0.1) is 13.8 Å². The number of aromatic nitrogens is 2. The van der Waals surface area contributed by atoms with E-state index >= 15 is 0 Å². The SMILES string of the molecule is Cc1cccc(-c2nnc(COC(=O)c3sccc3C)o2)c1. The van der Waals surface area contributed by atoms with Crippen molar-refractivity contribution in [2.45, 2.75) is 20.5 Å². The first kappa shape index (κ1) is 14.5. The zero-order valence-corrected chi connectivity index (χ0v) is 13.0. The molecule has 0 aliphatic heterocycles. The van der Waals surface area contributed by atoms with Crippen LogP contribution in [0.15, 0.2) is 40.1 Å². The van der Waals surface area contributed by atoms with Crippen molar-refractivity contribution in [3.63, 3.8) is 0 Å².